The van der Waals surface area contributed by atoms with Gasteiger partial charge >= 0.3 is 0 Å². The average Bonchev–Trinajstić information content (AvgIpc) is 3.03. The number of benzene rings is 1. The minimum absolute atomic E-state index is 0.167. The maximum Gasteiger partial charge on any atom is 0.276 e. The minimum atomic E-state index is -0.167. The maximum absolute atomic E-state index is 12.1. The average molecular weight is 367 g/mol. The number of nitrogens with zero attached hydrogens (tertiary/aromatic N) is 2. The van der Waals surface area contributed by atoms with Gasteiger partial charge in [-0.25, -0.2) is 0 Å². The van der Waals surface area contributed by atoms with Gasteiger partial charge in [-0.2, -0.15) is 0 Å². The van der Waals surface area contributed by atoms with Gasteiger partial charge in [0, 0.05) is 30.8 Å². The largest absolute Gasteiger partial charge is 0.457 e. The summed E-state index contributed by atoms with van der Waals surface area (Å²) in [5.74, 6) is 0.974. The number of carbonyl (C=O) groups is 1. The lowest BCUT2D eigenvalue weighted by Gasteiger charge is -2.10. The third-order valence-corrected chi connectivity index (χ3v) is 4.66. The Morgan fingerprint density at radius 2 is 1.87 bits per heavy atom. The molecule has 0 atom stereocenters. The Balaban J connectivity index is 1.95. The van der Waals surface area contributed by atoms with Crippen molar-refractivity contribution in [2.45, 2.75) is 0 Å². The van der Waals surface area contributed by atoms with Crippen LogP contribution in [-0.2, 0) is 4.79 Å². The van der Waals surface area contributed by atoms with E-state index >= 15 is 0 Å². The van der Waals surface area contributed by atoms with E-state index in [1.807, 2.05) is 0 Å². The van der Waals surface area contributed by atoms with Gasteiger partial charge in [0.1, 0.15) is 17.2 Å². The molecule has 4 nitrogen and oxygen atoms in total. The number of halogens is 2. The molecule has 23 heavy (non-hydrogen) atoms. The molecule has 2 heterocycles. The lowest BCUT2D eigenvalue weighted by molar-refractivity contribution is -0.121. The molecule has 2 aromatic rings. The molecule has 1 aromatic carbocycles. The predicted octanol–water partition coefficient (Wildman–Crippen LogP) is 4.28. The van der Waals surface area contributed by atoms with Crippen LogP contribution in [0.25, 0.3) is 17.4 Å². The summed E-state index contributed by atoms with van der Waals surface area (Å²) in [6, 6.07) is 8.75. The predicted molar refractivity (Wildman–Crippen MR) is 95.3 cm³/mol. The highest BCUT2D eigenvalue weighted by molar-refractivity contribution is 7.80. The van der Waals surface area contributed by atoms with E-state index in [4.69, 9.17) is 39.8 Å². The highest BCUT2D eigenvalue weighted by atomic mass is 35.5. The van der Waals surface area contributed by atoms with Gasteiger partial charge in [-0.15, -0.1) is 0 Å². The monoisotopic (exact) mass is 366 g/mol. The van der Waals surface area contributed by atoms with E-state index in [9.17, 15) is 4.79 Å². The van der Waals surface area contributed by atoms with Crippen molar-refractivity contribution >= 4 is 52.5 Å². The summed E-state index contributed by atoms with van der Waals surface area (Å²) in [6.45, 7) is 0. The van der Waals surface area contributed by atoms with E-state index in [-0.39, 0.29) is 5.91 Å². The van der Waals surface area contributed by atoms with Gasteiger partial charge < -0.3 is 9.32 Å². The molecule has 1 aliphatic heterocycles. The zero-order valence-corrected chi connectivity index (χ0v) is 14.7. The van der Waals surface area contributed by atoms with Crippen LogP contribution in [-0.4, -0.2) is 34.9 Å². The normalized spacial score (nSPS) is 16.8. The fourth-order valence-corrected chi connectivity index (χ4v) is 2.97. The number of rotatable bonds is 2. The van der Waals surface area contributed by atoms with Gasteiger partial charge in [0.2, 0.25) is 0 Å². The van der Waals surface area contributed by atoms with Gasteiger partial charge in [-0.3, -0.25) is 9.69 Å². The van der Waals surface area contributed by atoms with Crippen LogP contribution in [0, 0.1) is 0 Å². The standard InChI is InChI=1S/C16H12Cl2N2O2S/c1-19-13(15(21)20(2)16(19)23)8-10-4-6-14(22-10)11-5-3-9(17)7-12(11)18/h3-8H,1-2H3/b13-8-. The molecule has 0 N–H and O–H groups in total. The first-order valence-electron chi connectivity index (χ1n) is 6.71. The van der Waals surface area contributed by atoms with Crippen molar-refractivity contribution in [3.05, 3.63) is 51.8 Å². The first-order chi connectivity index (χ1) is 10.9. The van der Waals surface area contributed by atoms with Gasteiger partial charge in [0.05, 0.1) is 5.02 Å². The summed E-state index contributed by atoms with van der Waals surface area (Å²) < 4.78 is 5.77. The van der Waals surface area contributed by atoms with E-state index in [0.717, 1.165) is 5.56 Å². The molecule has 3 rings (SSSR count). The van der Waals surface area contributed by atoms with Crippen molar-refractivity contribution in [1.82, 2.24) is 9.80 Å². The summed E-state index contributed by atoms with van der Waals surface area (Å²) in [5, 5.41) is 1.51. The molecular formula is C16H12Cl2N2O2S. The molecule has 118 valence electrons. The zero-order chi connectivity index (χ0) is 16.7. The van der Waals surface area contributed by atoms with Crippen LogP contribution in [0.4, 0.5) is 0 Å². The second-order valence-electron chi connectivity index (χ2n) is 5.06. The summed E-state index contributed by atoms with van der Waals surface area (Å²) in [4.78, 5) is 15.2. The molecule has 7 heteroatoms. The van der Waals surface area contributed by atoms with Crippen LogP contribution in [0.2, 0.25) is 10.0 Å². The summed E-state index contributed by atoms with van der Waals surface area (Å²) >= 11 is 17.3. The molecule has 1 aromatic heterocycles. The van der Waals surface area contributed by atoms with Gasteiger partial charge in [-0.05, 0) is 42.5 Å². The van der Waals surface area contributed by atoms with Crippen LogP contribution in [0.5, 0.6) is 0 Å². The lowest BCUT2D eigenvalue weighted by Crippen LogP contribution is -2.26. The second kappa shape index (κ2) is 6.00. The Labute approximate surface area is 148 Å². The third-order valence-electron chi connectivity index (χ3n) is 3.56. The van der Waals surface area contributed by atoms with Gasteiger partial charge in [0.25, 0.3) is 5.91 Å². The van der Waals surface area contributed by atoms with Gasteiger partial charge in [-0.1, -0.05) is 23.2 Å². The SMILES string of the molecule is CN1C(=O)/C(=C/c2ccc(-c3ccc(Cl)cc3Cl)o2)N(C)C1=S. The minimum Gasteiger partial charge on any atom is -0.457 e. The van der Waals surface area contributed by atoms with Crippen LogP contribution < -0.4 is 0 Å². The fraction of sp³-hybridized carbons (Fsp3) is 0.125. The topological polar surface area (TPSA) is 36.7 Å². The lowest BCUT2D eigenvalue weighted by atomic mass is 10.2. The molecule has 0 bridgehead atoms. The van der Waals surface area contributed by atoms with E-state index in [1.165, 1.54) is 4.90 Å². The molecule has 0 aliphatic carbocycles. The fourth-order valence-electron chi connectivity index (χ4n) is 2.29. The van der Waals surface area contributed by atoms with Gasteiger partial charge in [0.15, 0.2) is 5.11 Å². The molecule has 1 fully saturated rings. The van der Waals surface area contributed by atoms with Crippen LogP contribution >= 0.6 is 35.4 Å². The number of furan rings is 1. The molecule has 0 spiro atoms. The first kappa shape index (κ1) is 16.1. The quantitative estimate of drug-likeness (QED) is 0.586. The highest BCUT2D eigenvalue weighted by Gasteiger charge is 2.33. The van der Waals surface area contributed by atoms with E-state index < -0.39 is 0 Å². The smallest absolute Gasteiger partial charge is 0.276 e. The van der Waals surface area contributed by atoms with E-state index in [2.05, 4.69) is 0 Å². The van der Waals surface area contributed by atoms with Crippen LogP contribution in [0.3, 0.4) is 0 Å². The molecule has 1 aliphatic rings. The number of hydrogen-bond donors (Lipinski definition) is 0. The van der Waals surface area contributed by atoms with Crippen molar-refractivity contribution < 1.29 is 9.21 Å². The number of likely N-dealkylation sites (N-methyl/N-ethyl adjacent to an activating group) is 2. The van der Waals surface area contributed by atoms with E-state index in [0.29, 0.717) is 32.4 Å². The second-order valence-corrected chi connectivity index (χ2v) is 6.27. The molecule has 0 radical (unpaired) electrons. The Kier molecular flexibility index (Phi) is 4.19. The maximum atomic E-state index is 12.1. The molecule has 1 saturated heterocycles. The van der Waals surface area contributed by atoms with E-state index in [1.54, 1.807) is 55.4 Å². The van der Waals surface area contributed by atoms with Crippen molar-refractivity contribution in [2.75, 3.05) is 14.1 Å². The summed E-state index contributed by atoms with van der Waals surface area (Å²) in [6.07, 6.45) is 1.66. The van der Waals surface area contributed by atoms with Crippen molar-refractivity contribution in [1.29, 1.82) is 0 Å². The van der Waals surface area contributed by atoms with Crippen LogP contribution in [0.15, 0.2) is 40.4 Å². The van der Waals surface area contributed by atoms with Crippen molar-refractivity contribution in [3.63, 3.8) is 0 Å². The van der Waals surface area contributed by atoms with Crippen molar-refractivity contribution in [3.8, 4) is 11.3 Å². The number of amides is 1. The number of hydrogen-bond acceptors (Lipinski definition) is 3. The Hall–Kier alpha value is -1.82. The molecule has 1 amide bonds. The zero-order valence-electron chi connectivity index (χ0n) is 12.3. The Bertz CT molecular complexity index is 844. The van der Waals surface area contributed by atoms with Crippen molar-refractivity contribution in [2.24, 2.45) is 0 Å². The number of carbonyl (C=O) groups excluding carboxylic acids is 1. The summed E-state index contributed by atoms with van der Waals surface area (Å²) in [5.41, 5.74) is 1.19. The third kappa shape index (κ3) is 2.87. The Morgan fingerprint density at radius 1 is 1.13 bits per heavy atom. The molecule has 0 saturated carbocycles. The van der Waals surface area contributed by atoms with Crippen LogP contribution in [0.1, 0.15) is 5.76 Å². The first-order valence-corrected chi connectivity index (χ1v) is 7.87. The molecular weight excluding hydrogens is 355 g/mol. The Morgan fingerprint density at radius 3 is 2.48 bits per heavy atom. The molecule has 0 unspecified atom stereocenters. The number of thiocarbonyl (C=S) groups is 1. The highest BCUT2D eigenvalue weighted by Crippen LogP contribution is 2.32. The summed E-state index contributed by atoms with van der Waals surface area (Å²) in [7, 11) is 3.39.